The lowest BCUT2D eigenvalue weighted by molar-refractivity contribution is -0.116. The van der Waals surface area contributed by atoms with Crippen LogP contribution in [0.25, 0.3) is 11.3 Å². The summed E-state index contributed by atoms with van der Waals surface area (Å²) < 4.78 is 0. The number of amides is 1. The number of aromatic nitrogens is 1. The number of carbonyl (C=O) groups is 1. The third-order valence-corrected chi connectivity index (χ3v) is 4.13. The lowest BCUT2D eigenvalue weighted by Gasteiger charge is -2.07. The SMILES string of the molecule is Cc1cc(C)c(-c2csc(NC(=O)CC(C)N)n2)cc1C. The van der Waals surface area contributed by atoms with Gasteiger partial charge in [0.1, 0.15) is 0 Å². The van der Waals surface area contributed by atoms with Gasteiger partial charge in [-0.25, -0.2) is 4.98 Å². The number of anilines is 1. The summed E-state index contributed by atoms with van der Waals surface area (Å²) in [5, 5.41) is 5.39. The Morgan fingerprint density at radius 1 is 1.29 bits per heavy atom. The third-order valence-electron chi connectivity index (χ3n) is 3.37. The Labute approximate surface area is 129 Å². The van der Waals surface area contributed by atoms with Crippen LogP contribution in [0.4, 0.5) is 5.13 Å². The van der Waals surface area contributed by atoms with Gasteiger partial charge in [0.2, 0.25) is 5.91 Å². The van der Waals surface area contributed by atoms with E-state index < -0.39 is 0 Å². The van der Waals surface area contributed by atoms with E-state index in [1.54, 1.807) is 0 Å². The Morgan fingerprint density at radius 2 is 1.95 bits per heavy atom. The van der Waals surface area contributed by atoms with Gasteiger partial charge in [0, 0.05) is 23.4 Å². The Morgan fingerprint density at radius 3 is 2.62 bits per heavy atom. The van der Waals surface area contributed by atoms with Gasteiger partial charge in [-0.15, -0.1) is 11.3 Å². The molecule has 1 atom stereocenters. The first kappa shape index (κ1) is 15.7. The molecule has 0 aliphatic carbocycles. The second kappa shape index (κ2) is 6.37. The summed E-state index contributed by atoms with van der Waals surface area (Å²) in [6.07, 6.45) is 0.303. The first-order valence-corrected chi connectivity index (χ1v) is 7.84. The highest BCUT2D eigenvalue weighted by molar-refractivity contribution is 7.14. The van der Waals surface area contributed by atoms with Crippen LogP contribution < -0.4 is 11.1 Å². The standard InChI is InChI=1S/C16H21N3OS/c1-9-5-11(3)13(6-10(9)2)14-8-21-16(18-14)19-15(20)7-12(4)17/h5-6,8,12H,7,17H2,1-4H3,(H,18,19,20). The molecule has 1 aromatic heterocycles. The monoisotopic (exact) mass is 303 g/mol. The zero-order valence-electron chi connectivity index (χ0n) is 12.9. The van der Waals surface area contributed by atoms with Gasteiger partial charge in [-0.2, -0.15) is 0 Å². The molecule has 0 aliphatic heterocycles. The molecule has 0 spiro atoms. The minimum Gasteiger partial charge on any atom is -0.327 e. The van der Waals surface area contributed by atoms with Crippen molar-refractivity contribution in [2.45, 2.75) is 40.2 Å². The maximum atomic E-state index is 11.7. The van der Waals surface area contributed by atoms with E-state index in [2.05, 4.69) is 43.2 Å². The Hall–Kier alpha value is -1.72. The van der Waals surface area contributed by atoms with E-state index in [0.29, 0.717) is 11.6 Å². The van der Waals surface area contributed by atoms with Gasteiger partial charge < -0.3 is 11.1 Å². The number of thiazole rings is 1. The van der Waals surface area contributed by atoms with Gasteiger partial charge in [-0.1, -0.05) is 6.07 Å². The molecule has 0 saturated carbocycles. The van der Waals surface area contributed by atoms with Crippen molar-refractivity contribution < 1.29 is 4.79 Å². The van der Waals surface area contributed by atoms with Crippen LogP contribution in [0.2, 0.25) is 0 Å². The summed E-state index contributed by atoms with van der Waals surface area (Å²) in [6, 6.07) is 4.16. The fourth-order valence-electron chi connectivity index (χ4n) is 2.15. The highest BCUT2D eigenvalue weighted by Gasteiger charge is 2.11. The molecule has 2 rings (SSSR count). The quantitative estimate of drug-likeness (QED) is 0.909. The molecule has 4 nitrogen and oxygen atoms in total. The van der Waals surface area contributed by atoms with Crippen LogP contribution in [0.3, 0.4) is 0 Å². The molecule has 5 heteroatoms. The predicted molar refractivity (Wildman–Crippen MR) is 88.7 cm³/mol. The number of hydrogen-bond donors (Lipinski definition) is 2. The molecule has 0 radical (unpaired) electrons. The smallest absolute Gasteiger partial charge is 0.227 e. The summed E-state index contributed by atoms with van der Waals surface area (Å²) >= 11 is 1.43. The minimum atomic E-state index is -0.147. The lowest BCUT2D eigenvalue weighted by Crippen LogP contribution is -2.23. The van der Waals surface area contributed by atoms with Crippen molar-refractivity contribution in [2.24, 2.45) is 5.73 Å². The molecule has 0 bridgehead atoms. The van der Waals surface area contributed by atoms with Crippen LogP contribution in [0.5, 0.6) is 0 Å². The van der Waals surface area contributed by atoms with Gasteiger partial charge >= 0.3 is 0 Å². The van der Waals surface area contributed by atoms with E-state index in [4.69, 9.17) is 5.73 Å². The van der Waals surface area contributed by atoms with Crippen molar-refractivity contribution in [1.29, 1.82) is 0 Å². The number of nitrogens with one attached hydrogen (secondary N) is 1. The van der Waals surface area contributed by atoms with Gasteiger partial charge in [-0.05, 0) is 50.5 Å². The molecule has 1 aromatic carbocycles. The molecule has 21 heavy (non-hydrogen) atoms. The molecule has 0 saturated heterocycles. The zero-order valence-corrected chi connectivity index (χ0v) is 13.7. The minimum absolute atomic E-state index is 0.0947. The van der Waals surface area contributed by atoms with Gasteiger partial charge in [0.05, 0.1) is 5.69 Å². The van der Waals surface area contributed by atoms with Crippen molar-refractivity contribution in [3.8, 4) is 11.3 Å². The summed E-state index contributed by atoms with van der Waals surface area (Å²) in [6.45, 7) is 8.09. The molecule has 1 heterocycles. The van der Waals surface area contributed by atoms with Crippen LogP contribution >= 0.6 is 11.3 Å². The summed E-state index contributed by atoms with van der Waals surface area (Å²) in [4.78, 5) is 16.2. The van der Waals surface area contributed by atoms with Crippen molar-refractivity contribution in [1.82, 2.24) is 4.98 Å². The summed E-state index contributed by atoms with van der Waals surface area (Å²) in [7, 11) is 0. The van der Waals surface area contributed by atoms with E-state index in [-0.39, 0.29) is 11.9 Å². The highest BCUT2D eigenvalue weighted by Crippen LogP contribution is 2.29. The molecule has 1 unspecified atom stereocenters. The van der Waals surface area contributed by atoms with E-state index in [1.807, 2.05) is 12.3 Å². The maximum Gasteiger partial charge on any atom is 0.227 e. The van der Waals surface area contributed by atoms with Gasteiger partial charge in [0.25, 0.3) is 0 Å². The number of benzene rings is 1. The average Bonchev–Trinajstić information content (AvgIpc) is 2.80. The first-order chi connectivity index (χ1) is 9.86. The Kier molecular flexibility index (Phi) is 4.75. The second-order valence-corrected chi connectivity index (χ2v) is 6.38. The number of rotatable bonds is 4. The molecular weight excluding hydrogens is 282 g/mol. The van der Waals surface area contributed by atoms with Crippen molar-refractivity contribution >= 4 is 22.4 Å². The Balaban J connectivity index is 2.20. The van der Waals surface area contributed by atoms with Crippen LogP contribution in [0.1, 0.15) is 30.0 Å². The molecule has 0 aliphatic rings. The number of nitrogens with zero attached hydrogens (tertiary/aromatic N) is 1. The van der Waals surface area contributed by atoms with Crippen LogP contribution in [-0.2, 0) is 4.79 Å². The first-order valence-electron chi connectivity index (χ1n) is 6.96. The largest absolute Gasteiger partial charge is 0.327 e. The van der Waals surface area contributed by atoms with E-state index in [0.717, 1.165) is 11.3 Å². The fourth-order valence-corrected chi connectivity index (χ4v) is 2.88. The van der Waals surface area contributed by atoms with E-state index in [9.17, 15) is 4.79 Å². The fraction of sp³-hybridized carbons (Fsp3) is 0.375. The van der Waals surface area contributed by atoms with E-state index >= 15 is 0 Å². The van der Waals surface area contributed by atoms with Crippen molar-refractivity contribution in [3.63, 3.8) is 0 Å². The van der Waals surface area contributed by atoms with E-state index in [1.165, 1.54) is 28.0 Å². The molecule has 112 valence electrons. The van der Waals surface area contributed by atoms with Gasteiger partial charge in [-0.3, -0.25) is 4.79 Å². The van der Waals surface area contributed by atoms with Gasteiger partial charge in [0.15, 0.2) is 5.13 Å². The average molecular weight is 303 g/mol. The summed E-state index contributed by atoms with van der Waals surface area (Å²) in [5.74, 6) is -0.0947. The van der Waals surface area contributed by atoms with Crippen LogP contribution in [-0.4, -0.2) is 16.9 Å². The molecule has 0 fully saturated rings. The molecule has 3 N–H and O–H groups in total. The zero-order chi connectivity index (χ0) is 15.6. The lowest BCUT2D eigenvalue weighted by atomic mass is 9.99. The number of carbonyl (C=O) groups excluding carboxylic acids is 1. The summed E-state index contributed by atoms with van der Waals surface area (Å²) in [5.41, 5.74) is 11.3. The second-order valence-electron chi connectivity index (χ2n) is 5.52. The topological polar surface area (TPSA) is 68.0 Å². The van der Waals surface area contributed by atoms with Crippen molar-refractivity contribution in [3.05, 3.63) is 34.2 Å². The maximum absolute atomic E-state index is 11.7. The number of hydrogen-bond acceptors (Lipinski definition) is 4. The number of aryl methyl sites for hydroxylation is 3. The number of nitrogens with two attached hydrogens (primary N) is 1. The Bertz CT molecular complexity index is 662. The molecule has 2 aromatic rings. The normalized spacial score (nSPS) is 12.2. The molecule has 1 amide bonds. The van der Waals surface area contributed by atoms with Crippen LogP contribution in [0.15, 0.2) is 17.5 Å². The molecular formula is C16H21N3OS. The third kappa shape index (κ3) is 3.89. The van der Waals surface area contributed by atoms with Crippen molar-refractivity contribution in [2.75, 3.05) is 5.32 Å². The van der Waals surface area contributed by atoms with Crippen LogP contribution in [0, 0.1) is 20.8 Å². The predicted octanol–water partition coefficient (Wildman–Crippen LogP) is 3.41. The highest BCUT2D eigenvalue weighted by atomic mass is 32.1.